The third-order valence-electron chi connectivity index (χ3n) is 5.49. The first-order valence-corrected chi connectivity index (χ1v) is 11.1. The highest BCUT2D eigenvalue weighted by Gasteiger charge is 2.24. The van der Waals surface area contributed by atoms with Crippen LogP contribution in [-0.4, -0.2) is 72.8 Å². The fraction of sp³-hybridized carbons (Fsp3) is 0.333. The van der Waals surface area contributed by atoms with Gasteiger partial charge in [-0.1, -0.05) is 18.2 Å². The Bertz CT molecular complexity index is 1130. The summed E-state index contributed by atoms with van der Waals surface area (Å²) in [6.45, 7) is 5.37. The Hall–Kier alpha value is -4.28. The average Bonchev–Trinajstić information content (AvgIpc) is 3.35. The van der Waals surface area contributed by atoms with Crippen LogP contribution in [0, 0.1) is 13.8 Å². The summed E-state index contributed by atoms with van der Waals surface area (Å²) in [7, 11) is 0. The lowest BCUT2D eigenvalue weighted by atomic mass is 10.0. The van der Waals surface area contributed by atoms with Crippen molar-refractivity contribution in [1.82, 2.24) is 21.3 Å². The van der Waals surface area contributed by atoms with E-state index in [1.54, 1.807) is 19.1 Å². The predicted octanol–water partition coefficient (Wildman–Crippen LogP) is 0.550. The number of guanidine groups is 1. The lowest BCUT2D eigenvalue weighted by molar-refractivity contribution is -0.139. The van der Waals surface area contributed by atoms with Crippen LogP contribution in [0.3, 0.4) is 0 Å². The second kappa shape index (κ2) is 11.7. The molecule has 0 spiro atoms. The third kappa shape index (κ3) is 6.62. The number of hydrogen-bond donors (Lipinski definition) is 6. The molecule has 1 atom stereocenters. The van der Waals surface area contributed by atoms with Gasteiger partial charge in [-0.2, -0.15) is 0 Å². The number of aliphatic imine (C=N–C) groups is 1. The summed E-state index contributed by atoms with van der Waals surface area (Å²) < 4.78 is 5.55. The van der Waals surface area contributed by atoms with Gasteiger partial charge in [-0.15, -0.1) is 0 Å². The van der Waals surface area contributed by atoms with Crippen molar-refractivity contribution in [2.75, 3.05) is 32.8 Å². The smallest absolute Gasteiger partial charge is 0.328 e. The van der Waals surface area contributed by atoms with Gasteiger partial charge in [0.05, 0.1) is 18.7 Å². The molecule has 0 bridgehead atoms. The molecule has 1 heterocycles. The molecular formula is C24H29N5O6. The van der Waals surface area contributed by atoms with E-state index in [0.29, 0.717) is 24.6 Å². The predicted molar refractivity (Wildman–Crippen MR) is 129 cm³/mol. The number of aryl methyl sites for hydroxylation is 1. The van der Waals surface area contributed by atoms with Crippen LogP contribution in [0.5, 0.6) is 11.5 Å². The molecule has 0 saturated heterocycles. The molecule has 0 saturated carbocycles. The monoisotopic (exact) mass is 483 g/mol. The molecule has 6 N–H and O–H groups in total. The Balaban J connectivity index is 1.57. The number of carboxylic acids is 1. The molecule has 3 rings (SSSR count). The van der Waals surface area contributed by atoms with Crippen LogP contribution in [-0.2, 0) is 4.79 Å². The molecule has 0 unspecified atom stereocenters. The first-order valence-electron chi connectivity index (χ1n) is 11.1. The summed E-state index contributed by atoms with van der Waals surface area (Å²) in [5, 5.41) is 31.0. The number of carboxylic acid groups (broad SMARTS) is 1. The summed E-state index contributed by atoms with van der Waals surface area (Å²) in [5.41, 5.74) is 1.91. The van der Waals surface area contributed by atoms with Gasteiger partial charge >= 0.3 is 5.97 Å². The maximum atomic E-state index is 12.6. The average molecular weight is 484 g/mol. The molecule has 0 aromatic heterocycles. The molecule has 2 aromatic rings. The van der Waals surface area contributed by atoms with Crippen LogP contribution in [0.4, 0.5) is 0 Å². The van der Waals surface area contributed by atoms with Crippen molar-refractivity contribution in [3.63, 3.8) is 0 Å². The zero-order valence-corrected chi connectivity index (χ0v) is 19.6. The summed E-state index contributed by atoms with van der Waals surface area (Å²) >= 11 is 0. The number of aromatic hydroxyl groups is 1. The molecule has 0 radical (unpaired) electrons. The van der Waals surface area contributed by atoms with Crippen molar-refractivity contribution < 1.29 is 29.3 Å². The molecule has 0 aliphatic carbocycles. The molecule has 1 aliphatic rings. The minimum atomic E-state index is -1.37. The summed E-state index contributed by atoms with van der Waals surface area (Å²) in [5.74, 6) is -2.14. The van der Waals surface area contributed by atoms with Gasteiger partial charge in [0, 0.05) is 18.7 Å². The number of ether oxygens (including phenoxy) is 1. The number of phenols is 1. The molecule has 11 nitrogen and oxygen atoms in total. The number of para-hydroxylation sites is 1. The first-order chi connectivity index (χ1) is 16.8. The Morgan fingerprint density at radius 2 is 1.86 bits per heavy atom. The Labute approximate surface area is 202 Å². The number of hydrogen-bond acceptors (Lipinski definition) is 8. The molecule has 186 valence electrons. The zero-order valence-electron chi connectivity index (χ0n) is 19.6. The number of carbonyl (C=O) groups excluding carboxylic acids is 2. The second-order valence-corrected chi connectivity index (χ2v) is 7.91. The van der Waals surface area contributed by atoms with Crippen molar-refractivity contribution in [3.8, 4) is 11.5 Å². The minimum Gasteiger partial charge on any atom is -0.504 e. The van der Waals surface area contributed by atoms with Gasteiger partial charge in [0.15, 0.2) is 17.5 Å². The molecule has 2 aromatic carbocycles. The summed E-state index contributed by atoms with van der Waals surface area (Å²) in [4.78, 5) is 41.1. The Morgan fingerprint density at radius 1 is 1.11 bits per heavy atom. The SMILES string of the molecule is Cc1cccc(C(=O)N[C@@H](CNC(=O)c2cccc(OCCNC3=NCCN3)c2O)C(=O)O)c1C. The van der Waals surface area contributed by atoms with Crippen LogP contribution >= 0.6 is 0 Å². The van der Waals surface area contributed by atoms with E-state index in [1.807, 2.05) is 13.0 Å². The van der Waals surface area contributed by atoms with E-state index >= 15 is 0 Å². The zero-order chi connectivity index (χ0) is 25.4. The van der Waals surface area contributed by atoms with Crippen LogP contribution in [0.25, 0.3) is 0 Å². The highest BCUT2D eigenvalue weighted by atomic mass is 16.5. The largest absolute Gasteiger partial charge is 0.504 e. The van der Waals surface area contributed by atoms with E-state index in [2.05, 4.69) is 26.3 Å². The number of rotatable bonds is 10. The van der Waals surface area contributed by atoms with Crippen LogP contribution in [0.1, 0.15) is 31.8 Å². The Kier molecular flexibility index (Phi) is 8.49. The van der Waals surface area contributed by atoms with E-state index in [1.165, 1.54) is 18.2 Å². The number of carbonyl (C=O) groups is 3. The molecule has 35 heavy (non-hydrogen) atoms. The van der Waals surface area contributed by atoms with Crippen LogP contribution < -0.4 is 26.0 Å². The number of nitrogens with zero attached hydrogens (tertiary/aromatic N) is 1. The van der Waals surface area contributed by atoms with Crippen molar-refractivity contribution in [2.24, 2.45) is 4.99 Å². The van der Waals surface area contributed by atoms with Gasteiger partial charge in [0.25, 0.3) is 11.8 Å². The van der Waals surface area contributed by atoms with E-state index < -0.39 is 23.8 Å². The molecule has 11 heteroatoms. The van der Waals surface area contributed by atoms with Gasteiger partial charge in [-0.05, 0) is 43.2 Å². The number of amides is 2. The highest BCUT2D eigenvalue weighted by Crippen LogP contribution is 2.29. The molecule has 1 aliphatic heterocycles. The fourth-order valence-electron chi connectivity index (χ4n) is 3.39. The van der Waals surface area contributed by atoms with E-state index in [0.717, 1.165) is 17.7 Å². The van der Waals surface area contributed by atoms with Crippen molar-refractivity contribution in [3.05, 3.63) is 58.7 Å². The molecular weight excluding hydrogens is 454 g/mol. The molecule has 0 fully saturated rings. The topological polar surface area (TPSA) is 161 Å². The number of aliphatic carboxylic acids is 1. The minimum absolute atomic E-state index is 0.0812. The number of benzene rings is 2. The number of phenolic OH excluding ortho intramolecular Hbond substituents is 1. The van der Waals surface area contributed by atoms with Gasteiger partial charge in [-0.25, -0.2) is 4.79 Å². The normalized spacial score (nSPS) is 13.3. The van der Waals surface area contributed by atoms with Crippen molar-refractivity contribution in [2.45, 2.75) is 19.9 Å². The molecule has 2 amide bonds. The van der Waals surface area contributed by atoms with Gasteiger partial charge in [0.2, 0.25) is 0 Å². The standard InChI is InChI=1S/C24H29N5O6/c1-14-5-3-6-16(15(14)2)22(32)29-18(23(33)34)13-28-21(31)17-7-4-8-19(20(17)30)35-12-11-27-24-25-9-10-26-24/h3-8,18,30H,9-13H2,1-2H3,(H,28,31)(H,29,32)(H,33,34)(H2,25,26,27)/t18-/m0/s1. The first kappa shape index (κ1) is 25.3. The number of nitrogens with one attached hydrogen (secondary N) is 4. The fourth-order valence-corrected chi connectivity index (χ4v) is 3.39. The van der Waals surface area contributed by atoms with Crippen molar-refractivity contribution in [1.29, 1.82) is 0 Å². The summed E-state index contributed by atoms with van der Waals surface area (Å²) in [6, 6.07) is 8.24. The van der Waals surface area contributed by atoms with Crippen LogP contribution in [0.2, 0.25) is 0 Å². The van der Waals surface area contributed by atoms with E-state index in [9.17, 15) is 24.6 Å². The van der Waals surface area contributed by atoms with Gasteiger partial charge in [0.1, 0.15) is 12.6 Å². The second-order valence-electron chi connectivity index (χ2n) is 7.91. The lowest BCUT2D eigenvalue weighted by Crippen LogP contribution is -2.48. The highest BCUT2D eigenvalue weighted by molar-refractivity contribution is 5.99. The van der Waals surface area contributed by atoms with Gasteiger partial charge in [-0.3, -0.25) is 14.6 Å². The van der Waals surface area contributed by atoms with E-state index in [4.69, 9.17) is 4.74 Å². The lowest BCUT2D eigenvalue weighted by Gasteiger charge is -2.17. The van der Waals surface area contributed by atoms with Gasteiger partial charge < -0.3 is 36.2 Å². The van der Waals surface area contributed by atoms with E-state index in [-0.39, 0.29) is 30.2 Å². The third-order valence-corrected chi connectivity index (χ3v) is 5.49. The Morgan fingerprint density at radius 3 is 2.57 bits per heavy atom. The summed E-state index contributed by atoms with van der Waals surface area (Å²) in [6.07, 6.45) is 0. The maximum Gasteiger partial charge on any atom is 0.328 e. The van der Waals surface area contributed by atoms with Crippen LogP contribution in [0.15, 0.2) is 41.4 Å². The maximum absolute atomic E-state index is 12.6. The quantitative estimate of drug-likeness (QED) is 0.267. The van der Waals surface area contributed by atoms with Crippen molar-refractivity contribution >= 4 is 23.7 Å².